The SMILES string of the molecule is C[C@H](c1cc(F)cc(F)c1)C(NC(=O)CCCC(N)=O)[C@H](O)CNC1(c2cccc(C(C)(C)C)c2)CCCCC1. The van der Waals surface area contributed by atoms with Gasteiger partial charge in [0.1, 0.15) is 11.6 Å². The van der Waals surface area contributed by atoms with Crippen molar-refractivity contribution >= 4 is 11.8 Å². The third kappa shape index (κ3) is 8.58. The van der Waals surface area contributed by atoms with Crippen LogP contribution in [0.5, 0.6) is 0 Å². The normalized spacial score (nSPS) is 17.6. The average Bonchev–Trinajstić information content (AvgIpc) is 2.89. The third-order valence-corrected chi connectivity index (χ3v) is 8.16. The van der Waals surface area contributed by atoms with E-state index in [0.29, 0.717) is 5.56 Å². The molecule has 2 amide bonds. The van der Waals surface area contributed by atoms with Crippen molar-refractivity contribution in [1.29, 1.82) is 0 Å². The summed E-state index contributed by atoms with van der Waals surface area (Å²) >= 11 is 0. The molecule has 1 aliphatic carbocycles. The Morgan fingerprint density at radius 3 is 2.27 bits per heavy atom. The van der Waals surface area contributed by atoms with E-state index in [1.54, 1.807) is 6.92 Å². The third-order valence-electron chi connectivity index (χ3n) is 8.16. The van der Waals surface area contributed by atoms with E-state index in [2.05, 4.69) is 55.7 Å². The standard InChI is InChI=1S/C32H45F2N3O3/c1-21(22-16-25(33)19-26(34)17-22)30(37-29(40)13-9-12-28(35)39)27(38)20-36-32(14-6-5-7-15-32)24-11-8-10-23(18-24)31(2,3)4/h8,10-11,16-19,21,27,30,36,38H,5-7,9,12-15,20H2,1-4H3,(H2,35,39)(H,37,40)/t21-,27-,30?/m1/s1. The lowest BCUT2D eigenvalue weighted by Crippen LogP contribution is -2.54. The Balaban J connectivity index is 1.85. The molecule has 2 aromatic rings. The van der Waals surface area contributed by atoms with E-state index in [0.717, 1.165) is 38.2 Å². The van der Waals surface area contributed by atoms with Crippen LogP contribution in [-0.4, -0.2) is 35.6 Å². The lowest BCUT2D eigenvalue weighted by molar-refractivity contribution is -0.123. The van der Waals surface area contributed by atoms with E-state index in [4.69, 9.17) is 5.73 Å². The Morgan fingerprint density at radius 2 is 1.68 bits per heavy atom. The summed E-state index contributed by atoms with van der Waals surface area (Å²) in [5.41, 5.74) is 7.61. The largest absolute Gasteiger partial charge is 0.390 e. The van der Waals surface area contributed by atoms with Crippen LogP contribution >= 0.6 is 0 Å². The van der Waals surface area contributed by atoms with Crippen molar-refractivity contribution in [3.05, 3.63) is 70.8 Å². The molecule has 0 radical (unpaired) electrons. The molecule has 0 heterocycles. The summed E-state index contributed by atoms with van der Waals surface area (Å²) in [6.07, 6.45) is 4.45. The molecule has 0 saturated heterocycles. The number of carbonyl (C=O) groups is 2. The molecular weight excluding hydrogens is 512 g/mol. The van der Waals surface area contributed by atoms with Gasteiger partial charge in [-0.3, -0.25) is 9.59 Å². The number of halogens is 2. The van der Waals surface area contributed by atoms with Gasteiger partial charge in [0.2, 0.25) is 11.8 Å². The van der Waals surface area contributed by atoms with Crippen molar-refractivity contribution in [2.45, 2.75) is 108 Å². The lowest BCUT2D eigenvalue weighted by Gasteiger charge is -2.41. The number of carbonyl (C=O) groups excluding carboxylic acids is 2. The smallest absolute Gasteiger partial charge is 0.220 e. The fourth-order valence-corrected chi connectivity index (χ4v) is 5.71. The lowest BCUT2D eigenvalue weighted by atomic mass is 9.74. The van der Waals surface area contributed by atoms with Crippen LogP contribution in [0.15, 0.2) is 42.5 Å². The van der Waals surface area contributed by atoms with Gasteiger partial charge in [0.05, 0.1) is 12.1 Å². The molecule has 0 bridgehead atoms. The second-order valence-corrected chi connectivity index (χ2v) is 12.3. The van der Waals surface area contributed by atoms with Gasteiger partial charge in [-0.2, -0.15) is 0 Å². The number of benzene rings is 2. The zero-order valence-corrected chi connectivity index (χ0v) is 24.2. The maximum atomic E-state index is 14.1. The van der Waals surface area contributed by atoms with Gasteiger partial charge in [-0.15, -0.1) is 0 Å². The number of nitrogens with two attached hydrogens (primary N) is 1. The van der Waals surface area contributed by atoms with Crippen molar-refractivity contribution in [1.82, 2.24) is 10.6 Å². The van der Waals surface area contributed by atoms with Crippen LogP contribution in [0.25, 0.3) is 0 Å². The van der Waals surface area contributed by atoms with Crippen LogP contribution in [0.3, 0.4) is 0 Å². The van der Waals surface area contributed by atoms with Gasteiger partial charge in [0.15, 0.2) is 0 Å². The minimum absolute atomic E-state index is 0.00899. The van der Waals surface area contributed by atoms with Crippen LogP contribution in [0, 0.1) is 11.6 Å². The van der Waals surface area contributed by atoms with Crippen molar-refractivity contribution < 1.29 is 23.5 Å². The zero-order chi connectivity index (χ0) is 29.5. The van der Waals surface area contributed by atoms with Gasteiger partial charge >= 0.3 is 0 Å². The highest BCUT2D eigenvalue weighted by molar-refractivity contribution is 5.78. The number of nitrogens with one attached hydrogen (secondary N) is 2. The Labute approximate surface area is 237 Å². The summed E-state index contributed by atoms with van der Waals surface area (Å²) in [5, 5.41) is 18.0. The molecule has 1 aliphatic rings. The van der Waals surface area contributed by atoms with Crippen LogP contribution < -0.4 is 16.4 Å². The summed E-state index contributed by atoms with van der Waals surface area (Å²) in [6.45, 7) is 8.46. The second kappa shape index (κ2) is 13.7. The summed E-state index contributed by atoms with van der Waals surface area (Å²) in [4.78, 5) is 23.9. The summed E-state index contributed by atoms with van der Waals surface area (Å²) < 4.78 is 28.1. The van der Waals surface area contributed by atoms with Crippen LogP contribution in [0.1, 0.15) is 102 Å². The minimum atomic E-state index is -1.05. The predicted octanol–water partition coefficient (Wildman–Crippen LogP) is 5.32. The molecular formula is C32H45F2N3O3. The Hall–Kier alpha value is -2.84. The molecule has 0 aliphatic heterocycles. The first-order chi connectivity index (χ1) is 18.8. The molecule has 220 valence electrons. The summed E-state index contributed by atoms with van der Waals surface area (Å²) in [6, 6.07) is 11.0. The van der Waals surface area contributed by atoms with Gasteiger partial charge in [-0.25, -0.2) is 8.78 Å². The highest BCUT2D eigenvalue weighted by Gasteiger charge is 2.36. The van der Waals surface area contributed by atoms with Crippen LogP contribution in [-0.2, 0) is 20.5 Å². The van der Waals surface area contributed by atoms with Crippen molar-refractivity contribution in [3.8, 4) is 0 Å². The number of hydrogen-bond acceptors (Lipinski definition) is 4. The minimum Gasteiger partial charge on any atom is -0.390 e. The highest BCUT2D eigenvalue weighted by Crippen LogP contribution is 2.39. The van der Waals surface area contributed by atoms with Crippen molar-refractivity contribution in [2.24, 2.45) is 5.73 Å². The van der Waals surface area contributed by atoms with Crippen LogP contribution in [0.4, 0.5) is 8.78 Å². The number of aliphatic hydroxyl groups excluding tert-OH is 1. The fraction of sp³-hybridized carbons (Fsp3) is 0.562. The predicted molar refractivity (Wildman–Crippen MR) is 154 cm³/mol. The number of amides is 2. The molecule has 3 atom stereocenters. The summed E-state index contributed by atoms with van der Waals surface area (Å²) in [5.74, 6) is -2.89. The average molecular weight is 558 g/mol. The van der Waals surface area contributed by atoms with E-state index in [9.17, 15) is 23.5 Å². The molecule has 1 saturated carbocycles. The Bertz CT molecular complexity index is 1140. The molecule has 5 N–H and O–H groups in total. The second-order valence-electron chi connectivity index (χ2n) is 12.3. The Kier molecular flexibility index (Phi) is 10.8. The van der Waals surface area contributed by atoms with Gasteiger partial charge in [0.25, 0.3) is 0 Å². The van der Waals surface area contributed by atoms with Crippen LogP contribution in [0.2, 0.25) is 0 Å². The monoisotopic (exact) mass is 557 g/mol. The molecule has 3 rings (SSSR count). The first kappa shape index (κ1) is 31.7. The number of rotatable bonds is 12. The van der Waals surface area contributed by atoms with E-state index < -0.39 is 35.6 Å². The van der Waals surface area contributed by atoms with E-state index in [1.165, 1.54) is 23.3 Å². The number of hydrogen-bond donors (Lipinski definition) is 4. The zero-order valence-electron chi connectivity index (χ0n) is 24.2. The molecule has 2 aromatic carbocycles. The number of primary amides is 1. The van der Waals surface area contributed by atoms with E-state index in [1.807, 2.05) is 0 Å². The molecule has 1 unspecified atom stereocenters. The molecule has 0 aromatic heterocycles. The van der Waals surface area contributed by atoms with Gasteiger partial charge in [-0.05, 0) is 53.5 Å². The topological polar surface area (TPSA) is 104 Å². The Morgan fingerprint density at radius 1 is 1.02 bits per heavy atom. The molecule has 6 nitrogen and oxygen atoms in total. The maximum Gasteiger partial charge on any atom is 0.220 e. The quantitative estimate of drug-likeness (QED) is 0.284. The van der Waals surface area contributed by atoms with Gasteiger partial charge in [-0.1, -0.05) is 71.2 Å². The molecule has 0 spiro atoms. The van der Waals surface area contributed by atoms with Crippen molar-refractivity contribution in [2.75, 3.05) is 6.54 Å². The first-order valence-corrected chi connectivity index (χ1v) is 14.4. The van der Waals surface area contributed by atoms with Gasteiger partial charge in [0, 0.05) is 36.9 Å². The number of aliphatic hydroxyl groups is 1. The molecule has 40 heavy (non-hydrogen) atoms. The van der Waals surface area contributed by atoms with Gasteiger partial charge < -0.3 is 21.5 Å². The molecule has 1 fully saturated rings. The summed E-state index contributed by atoms with van der Waals surface area (Å²) in [7, 11) is 0. The van der Waals surface area contributed by atoms with Crippen molar-refractivity contribution in [3.63, 3.8) is 0 Å². The molecule has 8 heteroatoms. The first-order valence-electron chi connectivity index (χ1n) is 14.4. The maximum absolute atomic E-state index is 14.1. The highest BCUT2D eigenvalue weighted by atomic mass is 19.1. The van der Waals surface area contributed by atoms with E-state index >= 15 is 0 Å². The van der Waals surface area contributed by atoms with E-state index in [-0.39, 0.29) is 42.7 Å². The fourth-order valence-electron chi connectivity index (χ4n) is 5.71.